The zero-order valence-corrected chi connectivity index (χ0v) is 15.1. The van der Waals surface area contributed by atoms with Crippen molar-refractivity contribution < 1.29 is 9.16 Å². The lowest BCUT2D eigenvalue weighted by molar-refractivity contribution is 0.203. The number of halogens is 1. The minimum atomic E-state index is -1.64. The monoisotopic (exact) mass is 378 g/mol. The minimum absolute atomic E-state index is 0.259. The van der Waals surface area contributed by atoms with Crippen molar-refractivity contribution in [3.8, 4) is 5.75 Å². The molecule has 0 spiro atoms. The molecule has 0 aliphatic heterocycles. The molecule has 102 valence electrons. The molecule has 0 amide bonds. The summed E-state index contributed by atoms with van der Waals surface area (Å²) in [5, 5.41) is 0.259. The van der Waals surface area contributed by atoms with Gasteiger partial charge in [-0.1, -0.05) is 26.8 Å². The predicted molar refractivity (Wildman–Crippen MR) is 87.8 cm³/mol. The molecular weight excluding hydrogens is 355 g/mol. The van der Waals surface area contributed by atoms with Gasteiger partial charge in [-0.15, -0.1) is 0 Å². The third-order valence-corrected chi connectivity index (χ3v) is 8.63. The van der Waals surface area contributed by atoms with Gasteiger partial charge in [0.25, 0.3) is 0 Å². The lowest BCUT2D eigenvalue weighted by Crippen LogP contribution is -2.41. The topological polar surface area (TPSA) is 18.5 Å². The summed E-state index contributed by atoms with van der Waals surface area (Å²) < 4.78 is 12.9. The van der Waals surface area contributed by atoms with Gasteiger partial charge >= 0.3 is 0 Å². The van der Waals surface area contributed by atoms with Crippen LogP contribution in [0.1, 0.15) is 20.8 Å². The van der Waals surface area contributed by atoms with Gasteiger partial charge < -0.3 is 9.16 Å². The molecule has 0 N–H and O–H groups in total. The maximum atomic E-state index is 6.06. The van der Waals surface area contributed by atoms with E-state index in [0.717, 1.165) is 5.75 Å². The third kappa shape index (κ3) is 4.89. The first-order chi connectivity index (χ1) is 8.22. The van der Waals surface area contributed by atoms with Gasteiger partial charge in [-0.05, 0) is 58.9 Å². The summed E-state index contributed by atoms with van der Waals surface area (Å²) in [6.07, 6.45) is 0. The number of hydrogen-bond donors (Lipinski definition) is 0. The molecule has 4 heteroatoms. The Morgan fingerprint density at radius 1 is 1.17 bits per heavy atom. The first-order valence-corrected chi connectivity index (χ1v) is 10.2. The summed E-state index contributed by atoms with van der Waals surface area (Å²) in [6.45, 7) is 12.6. The lowest BCUT2D eigenvalue weighted by atomic mass is 10.2. The molecule has 0 unspecified atom stereocenters. The number of ether oxygens (including phenoxy) is 1. The van der Waals surface area contributed by atoms with Crippen LogP contribution >= 0.6 is 22.6 Å². The van der Waals surface area contributed by atoms with Gasteiger partial charge in [0.1, 0.15) is 12.4 Å². The SMILES string of the molecule is CC(C)(C)[Si](C)(C)OCCOc1cccc(I)c1. The maximum Gasteiger partial charge on any atom is 0.192 e. The smallest absolute Gasteiger partial charge is 0.192 e. The van der Waals surface area contributed by atoms with E-state index in [1.54, 1.807) is 0 Å². The van der Waals surface area contributed by atoms with Crippen LogP contribution in [0.15, 0.2) is 24.3 Å². The fourth-order valence-corrected chi connectivity index (χ4v) is 2.77. The quantitative estimate of drug-likeness (QED) is 0.420. The van der Waals surface area contributed by atoms with E-state index in [-0.39, 0.29) is 5.04 Å². The van der Waals surface area contributed by atoms with Crippen molar-refractivity contribution in [2.24, 2.45) is 0 Å². The first kappa shape index (κ1) is 16.0. The molecule has 0 aromatic heterocycles. The number of hydrogen-bond acceptors (Lipinski definition) is 2. The molecule has 0 heterocycles. The van der Waals surface area contributed by atoms with E-state index >= 15 is 0 Å². The van der Waals surface area contributed by atoms with Crippen LogP contribution in [0.4, 0.5) is 0 Å². The summed E-state index contributed by atoms with van der Waals surface area (Å²) in [7, 11) is -1.64. The Labute approximate surface area is 125 Å². The highest BCUT2D eigenvalue weighted by Gasteiger charge is 2.36. The van der Waals surface area contributed by atoms with Crippen LogP contribution in [0.5, 0.6) is 5.75 Å². The first-order valence-electron chi connectivity index (χ1n) is 6.25. The van der Waals surface area contributed by atoms with E-state index in [1.165, 1.54) is 3.57 Å². The van der Waals surface area contributed by atoms with Crippen molar-refractivity contribution in [1.29, 1.82) is 0 Å². The highest BCUT2D eigenvalue weighted by molar-refractivity contribution is 14.1. The van der Waals surface area contributed by atoms with Crippen molar-refractivity contribution in [3.63, 3.8) is 0 Å². The summed E-state index contributed by atoms with van der Waals surface area (Å²) in [5.41, 5.74) is 0. The second kappa shape index (κ2) is 6.39. The molecule has 1 aromatic carbocycles. The maximum absolute atomic E-state index is 6.06. The zero-order chi connectivity index (χ0) is 13.8. The average molecular weight is 378 g/mol. The molecule has 0 saturated carbocycles. The fourth-order valence-electron chi connectivity index (χ4n) is 1.23. The zero-order valence-electron chi connectivity index (χ0n) is 11.9. The molecule has 1 rings (SSSR count). The van der Waals surface area contributed by atoms with Crippen LogP contribution in [0.3, 0.4) is 0 Å². The van der Waals surface area contributed by atoms with Gasteiger partial charge in [0, 0.05) is 3.57 Å². The number of benzene rings is 1. The van der Waals surface area contributed by atoms with E-state index in [2.05, 4.69) is 62.5 Å². The second-order valence-electron chi connectivity index (χ2n) is 5.91. The van der Waals surface area contributed by atoms with E-state index in [1.807, 2.05) is 18.2 Å². The van der Waals surface area contributed by atoms with Crippen molar-refractivity contribution in [2.45, 2.75) is 38.9 Å². The molecule has 2 nitrogen and oxygen atoms in total. The summed E-state index contributed by atoms with van der Waals surface area (Å²) >= 11 is 2.29. The Morgan fingerprint density at radius 3 is 2.39 bits per heavy atom. The van der Waals surface area contributed by atoms with Crippen molar-refractivity contribution >= 4 is 30.9 Å². The Bertz CT molecular complexity index is 386. The normalized spacial score (nSPS) is 12.6. The average Bonchev–Trinajstić information content (AvgIpc) is 2.23. The molecule has 18 heavy (non-hydrogen) atoms. The second-order valence-corrected chi connectivity index (χ2v) is 12.0. The lowest BCUT2D eigenvalue weighted by Gasteiger charge is -2.36. The standard InChI is InChI=1S/C14H23IO2Si/c1-14(2,3)18(4,5)17-10-9-16-13-8-6-7-12(15)11-13/h6-8,11H,9-10H2,1-5H3. The Hall–Kier alpha value is -0.0731. The van der Waals surface area contributed by atoms with E-state index in [0.29, 0.717) is 13.2 Å². The number of rotatable bonds is 5. The van der Waals surface area contributed by atoms with Gasteiger partial charge in [0.05, 0.1) is 6.61 Å². The van der Waals surface area contributed by atoms with Gasteiger partial charge in [-0.3, -0.25) is 0 Å². The highest BCUT2D eigenvalue weighted by Crippen LogP contribution is 2.36. The van der Waals surface area contributed by atoms with Gasteiger partial charge in [0.2, 0.25) is 0 Å². The van der Waals surface area contributed by atoms with E-state index in [9.17, 15) is 0 Å². The van der Waals surface area contributed by atoms with Gasteiger partial charge in [-0.25, -0.2) is 0 Å². The molecule has 0 saturated heterocycles. The molecule has 1 aromatic rings. The summed E-state index contributed by atoms with van der Waals surface area (Å²) in [6, 6.07) is 8.08. The van der Waals surface area contributed by atoms with Crippen LogP contribution in [-0.2, 0) is 4.43 Å². The fraction of sp³-hybridized carbons (Fsp3) is 0.571. The van der Waals surface area contributed by atoms with Crippen molar-refractivity contribution in [3.05, 3.63) is 27.8 Å². The largest absolute Gasteiger partial charge is 0.491 e. The van der Waals surface area contributed by atoms with Crippen LogP contribution in [0.2, 0.25) is 18.1 Å². The third-order valence-electron chi connectivity index (χ3n) is 3.42. The molecule has 0 bridgehead atoms. The Balaban J connectivity index is 2.35. The summed E-state index contributed by atoms with van der Waals surface area (Å²) in [4.78, 5) is 0. The molecule has 0 atom stereocenters. The van der Waals surface area contributed by atoms with Crippen LogP contribution < -0.4 is 4.74 Å². The Morgan fingerprint density at radius 2 is 1.83 bits per heavy atom. The van der Waals surface area contributed by atoms with Crippen molar-refractivity contribution in [1.82, 2.24) is 0 Å². The molecule has 0 aliphatic rings. The predicted octanol–water partition coefficient (Wildman–Crippen LogP) is 4.69. The van der Waals surface area contributed by atoms with E-state index in [4.69, 9.17) is 9.16 Å². The molecule has 0 aliphatic carbocycles. The molecule has 0 radical (unpaired) electrons. The van der Waals surface area contributed by atoms with Crippen LogP contribution in [0, 0.1) is 3.57 Å². The van der Waals surface area contributed by atoms with Crippen LogP contribution in [0.25, 0.3) is 0 Å². The van der Waals surface area contributed by atoms with Gasteiger partial charge in [0.15, 0.2) is 8.32 Å². The summed E-state index contributed by atoms with van der Waals surface area (Å²) in [5.74, 6) is 0.917. The minimum Gasteiger partial charge on any atom is -0.491 e. The van der Waals surface area contributed by atoms with E-state index < -0.39 is 8.32 Å². The Kier molecular flexibility index (Phi) is 5.67. The molecular formula is C14H23IO2Si. The van der Waals surface area contributed by atoms with Gasteiger partial charge in [-0.2, -0.15) is 0 Å². The highest BCUT2D eigenvalue weighted by atomic mass is 127. The van der Waals surface area contributed by atoms with Crippen molar-refractivity contribution in [2.75, 3.05) is 13.2 Å². The molecule has 0 fully saturated rings. The van der Waals surface area contributed by atoms with Crippen LogP contribution in [-0.4, -0.2) is 21.5 Å².